The average molecular weight is 258 g/mol. The molecule has 6 heteroatoms. The normalized spacial score (nSPS) is 10.2. The summed E-state index contributed by atoms with van der Waals surface area (Å²) in [5.74, 6) is -1.23. The van der Waals surface area contributed by atoms with Crippen LogP contribution in [-0.4, -0.2) is 21.0 Å². The number of hydrogen-bond acceptors (Lipinski definition) is 4. The number of carboxylic acids is 1. The Balaban J connectivity index is 2.71. The molecular weight excluding hydrogens is 248 g/mol. The van der Waals surface area contributed by atoms with Crippen molar-refractivity contribution in [2.45, 2.75) is 6.92 Å². The Morgan fingerprint density at radius 3 is 2.47 bits per heavy atom. The molecule has 1 aromatic carbocycles. The van der Waals surface area contributed by atoms with E-state index in [0.29, 0.717) is 5.56 Å². The average Bonchev–Trinajstić information content (AvgIpc) is 2.38. The molecule has 0 aliphatic carbocycles. The van der Waals surface area contributed by atoms with Crippen LogP contribution in [0, 0.1) is 17.0 Å². The van der Waals surface area contributed by atoms with Crippen LogP contribution in [0.4, 0.5) is 5.69 Å². The Labute approximate surface area is 108 Å². The lowest BCUT2D eigenvalue weighted by molar-refractivity contribution is -0.384. The van der Waals surface area contributed by atoms with Crippen LogP contribution in [0.15, 0.2) is 36.4 Å². The van der Waals surface area contributed by atoms with Crippen LogP contribution < -0.4 is 0 Å². The number of pyridine rings is 1. The van der Waals surface area contributed by atoms with Crippen molar-refractivity contribution in [2.24, 2.45) is 0 Å². The molecule has 0 bridgehead atoms. The van der Waals surface area contributed by atoms with Gasteiger partial charge in [-0.25, -0.2) is 9.78 Å². The maximum atomic E-state index is 11.1. The lowest BCUT2D eigenvalue weighted by Crippen LogP contribution is -2.05. The molecular formula is C13H10N2O4. The van der Waals surface area contributed by atoms with Crippen molar-refractivity contribution in [1.82, 2.24) is 4.98 Å². The summed E-state index contributed by atoms with van der Waals surface area (Å²) in [6, 6.07) is 9.69. The van der Waals surface area contributed by atoms with Crippen LogP contribution in [0.2, 0.25) is 0 Å². The summed E-state index contributed by atoms with van der Waals surface area (Å²) < 4.78 is 0. The Morgan fingerprint density at radius 2 is 1.95 bits per heavy atom. The summed E-state index contributed by atoms with van der Waals surface area (Å²) in [7, 11) is 0. The number of rotatable bonds is 3. The quantitative estimate of drug-likeness (QED) is 0.674. The van der Waals surface area contributed by atoms with Gasteiger partial charge in [-0.3, -0.25) is 10.1 Å². The van der Waals surface area contributed by atoms with Crippen molar-refractivity contribution in [2.75, 3.05) is 0 Å². The van der Waals surface area contributed by atoms with Gasteiger partial charge < -0.3 is 5.11 Å². The van der Waals surface area contributed by atoms with E-state index in [1.165, 1.54) is 6.92 Å². The maximum absolute atomic E-state index is 11.1. The Morgan fingerprint density at radius 1 is 1.32 bits per heavy atom. The highest BCUT2D eigenvalue weighted by Crippen LogP contribution is 2.29. The second kappa shape index (κ2) is 4.85. The fraction of sp³-hybridized carbons (Fsp3) is 0.0769. The van der Waals surface area contributed by atoms with Crippen molar-refractivity contribution < 1.29 is 14.8 Å². The predicted octanol–water partition coefficient (Wildman–Crippen LogP) is 2.66. The first-order valence-corrected chi connectivity index (χ1v) is 5.45. The molecule has 0 saturated heterocycles. The van der Waals surface area contributed by atoms with Crippen molar-refractivity contribution in [3.63, 3.8) is 0 Å². The van der Waals surface area contributed by atoms with Crippen LogP contribution in [0.25, 0.3) is 11.3 Å². The van der Waals surface area contributed by atoms with Crippen molar-refractivity contribution >= 4 is 11.7 Å². The smallest absolute Gasteiger partial charge is 0.337 e. The zero-order chi connectivity index (χ0) is 14.0. The monoisotopic (exact) mass is 258 g/mol. The van der Waals surface area contributed by atoms with E-state index in [1.807, 2.05) is 0 Å². The van der Waals surface area contributed by atoms with Gasteiger partial charge in [-0.15, -0.1) is 0 Å². The minimum absolute atomic E-state index is 0.161. The van der Waals surface area contributed by atoms with E-state index in [0.717, 1.165) is 6.07 Å². The molecule has 19 heavy (non-hydrogen) atoms. The molecule has 0 radical (unpaired) electrons. The molecule has 1 N–H and O–H groups in total. The van der Waals surface area contributed by atoms with Gasteiger partial charge in [0.15, 0.2) is 0 Å². The van der Waals surface area contributed by atoms with E-state index >= 15 is 0 Å². The fourth-order valence-corrected chi connectivity index (χ4v) is 1.76. The van der Waals surface area contributed by atoms with E-state index in [1.54, 1.807) is 30.3 Å². The zero-order valence-corrected chi connectivity index (χ0v) is 10.0. The number of aromatic carboxylic acids is 1. The molecule has 0 aliphatic heterocycles. The number of carbonyl (C=O) groups is 1. The molecule has 0 atom stereocenters. The molecule has 0 aliphatic rings. The molecule has 0 unspecified atom stereocenters. The largest absolute Gasteiger partial charge is 0.478 e. The van der Waals surface area contributed by atoms with E-state index in [4.69, 9.17) is 5.11 Å². The second-order valence-electron chi connectivity index (χ2n) is 3.92. The minimum Gasteiger partial charge on any atom is -0.478 e. The maximum Gasteiger partial charge on any atom is 0.337 e. The number of aryl methyl sites for hydroxylation is 1. The van der Waals surface area contributed by atoms with Crippen LogP contribution in [-0.2, 0) is 0 Å². The van der Waals surface area contributed by atoms with E-state index in [-0.39, 0.29) is 22.6 Å². The minimum atomic E-state index is -1.23. The summed E-state index contributed by atoms with van der Waals surface area (Å²) in [6.07, 6.45) is 0. The number of hydrogen-bond donors (Lipinski definition) is 1. The highest BCUT2D eigenvalue weighted by molar-refractivity contribution is 5.91. The number of nitrogens with zero attached hydrogens (tertiary/aromatic N) is 2. The molecule has 0 amide bonds. The predicted molar refractivity (Wildman–Crippen MR) is 68.0 cm³/mol. The van der Waals surface area contributed by atoms with Crippen LogP contribution in [0.5, 0.6) is 0 Å². The third-order valence-electron chi connectivity index (χ3n) is 2.67. The first-order valence-electron chi connectivity index (χ1n) is 5.45. The van der Waals surface area contributed by atoms with Crippen molar-refractivity contribution in [1.29, 1.82) is 0 Å². The number of benzene rings is 1. The van der Waals surface area contributed by atoms with Gasteiger partial charge in [-0.05, 0) is 6.92 Å². The van der Waals surface area contributed by atoms with Gasteiger partial charge in [0.05, 0.1) is 16.2 Å². The van der Waals surface area contributed by atoms with E-state index in [9.17, 15) is 14.9 Å². The first-order chi connectivity index (χ1) is 9.00. The highest BCUT2D eigenvalue weighted by atomic mass is 16.6. The van der Waals surface area contributed by atoms with E-state index in [2.05, 4.69) is 4.98 Å². The molecule has 96 valence electrons. The lowest BCUT2D eigenvalue weighted by atomic mass is 10.1. The number of nitro groups is 1. The standard InChI is InChI=1S/C13H10N2O4/c1-8-10(13(16)17)7-11(15(18)19)12(14-8)9-5-3-2-4-6-9/h2-7H,1H3,(H,16,17). The molecule has 0 fully saturated rings. The topological polar surface area (TPSA) is 93.3 Å². The summed E-state index contributed by atoms with van der Waals surface area (Å²) >= 11 is 0. The van der Waals surface area contributed by atoms with Gasteiger partial charge in [0.1, 0.15) is 5.69 Å². The zero-order valence-electron chi connectivity index (χ0n) is 10.0. The van der Waals surface area contributed by atoms with Crippen LogP contribution in [0.1, 0.15) is 16.1 Å². The summed E-state index contributed by atoms with van der Waals surface area (Å²) in [4.78, 5) is 25.5. The molecule has 0 spiro atoms. The number of carboxylic acid groups (broad SMARTS) is 1. The van der Waals surface area contributed by atoms with E-state index < -0.39 is 10.9 Å². The SMILES string of the molecule is Cc1nc(-c2ccccc2)c([N+](=O)[O-])cc1C(=O)O. The van der Waals surface area contributed by atoms with Crippen molar-refractivity contribution in [3.8, 4) is 11.3 Å². The first kappa shape index (κ1) is 12.7. The molecule has 1 heterocycles. The number of aromatic nitrogens is 1. The Hall–Kier alpha value is -2.76. The molecule has 2 rings (SSSR count). The third kappa shape index (κ3) is 2.42. The third-order valence-corrected chi connectivity index (χ3v) is 2.67. The molecule has 6 nitrogen and oxygen atoms in total. The van der Waals surface area contributed by atoms with Gasteiger partial charge >= 0.3 is 5.97 Å². The van der Waals surface area contributed by atoms with Gasteiger partial charge in [0, 0.05) is 11.6 Å². The summed E-state index contributed by atoms with van der Waals surface area (Å²) in [5, 5.41) is 20.0. The molecule has 2 aromatic rings. The van der Waals surface area contributed by atoms with Gasteiger partial charge in [0.25, 0.3) is 5.69 Å². The Bertz CT molecular complexity index is 653. The molecule has 1 aromatic heterocycles. The summed E-state index contributed by atoms with van der Waals surface area (Å²) in [5.41, 5.74) is 0.528. The fourth-order valence-electron chi connectivity index (χ4n) is 1.76. The Kier molecular flexibility index (Phi) is 3.24. The lowest BCUT2D eigenvalue weighted by Gasteiger charge is -2.06. The van der Waals surface area contributed by atoms with Gasteiger partial charge in [-0.2, -0.15) is 0 Å². The van der Waals surface area contributed by atoms with Gasteiger partial charge in [0.2, 0.25) is 0 Å². The summed E-state index contributed by atoms with van der Waals surface area (Å²) in [6.45, 7) is 1.51. The second-order valence-corrected chi connectivity index (χ2v) is 3.92. The van der Waals surface area contributed by atoms with Crippen molar-refractivity contribution in [3.05, 3.63) is 57.8 Å². The van der Waals surface area contributed by atoms with Crippen LogP contribution in [0.3, 0.4) is 0 Å². The van der Waals surface area contributed by atoms with Crippen LogP contribution >= 0.6 is 0 Å². The van der Waals surface area contributed by atoms with Gasteiger partial charge in [-0.1, -0.05) is 30.3 Å². The highest BCUT2D eigenvalue weighted by Gasteiger charge is 2.22. The molecule has 0 saturated carbocycles.